The zero-order valence-electron chi connectivity index (χ0n) is 15.2. The number of benzene rings is 2. The summed E-state index contributed by atoms with van der Waals surface area (Å²) in [5, 5.41) is 9.88. The number of rotatable bonds is 2. The second-order valence-electron chi connectivity index (χ2n) is 7.45. The molecule has 2 aromatic rings. The number of likely N-dealkylation sites (tertiary alicyclic amines) is 1. The van der Waals surface area contributed by atoms with Gasteiger partial charge in [0.25, 0.3) is 5.91 Å². The van der Waals surface area contributed by atoms with E-state index in [1.54, 1.807) is 24.3 Å². The van der Waals surface area contributed by atoms with Crippen LogP contribution in [0.4, 0.5) is 8.78 Å². The SMILES string of the molecule is CN1[C@H]2CC[C@@H]1CN(C(=O)c1ccc(-c3cc(F)c(F)cc3O)cc1)CC2. The molecule has 1 N–H and O–H groups in total. The third-order valence-corrected chi connectivity index (χ3v) is 5.92. The highest BCUT2D eigenvalue weighted by Crippen LogP contribution is 2.32. The van der Waals surface area contributed by atoms with Crippen molar-refractivity contribution in [2.45, 2.75) is 31.3 Å². The van der Waals surface area contributed by atoms with Gasteiger partial charge in [-0.3, -0.25) is 9.69 Å². The summed E-state index contributed by atoms with van der Waals surface area (Å²) in [6.07, 6.45) is 3.31. The lowest BCUT2D eigenvalue weighted by atomic mass is 10.0. The number of phenols is 1. The number of fused-ring (bicyclic) bond motifs is 2. The van der Waals surface area contributed by atoms with Gasteiger partial charge in [0.05, 0.1) is 0 Å². The van der Waals surface area contributed by atoms with Crippen molar-refractivity contribution in [3.8, 4) is 16.9 Å². The molecular weight excluding hydrogens is 350 g/mol. The average molecular weight is 372 g/mol. The van der Waals surface area contributed by atoms with Crippen molar-refractivity contribution in [1.82, 2.24) is 9.80 Å². The Kier molecular flexibility index (Phi) is 4.60. The van der Waals surface area contributed by atoms with E-state index in [1.807, 2.05) is 4.90 Å². The lowest BCUT2D eigenvalue weighted by molar-refractivity contribution is 0.0740. The Morgan fingerprint density at radius 2 is 1.70 bits per heavy atom. The largest absolute Gasteiger partial charge is 0.507 e. The van der Waals surface area contributed by atoms with Crippen LogP contribution < -0.4 is 0 Å². The first kappa shape index (κ1) is 17.9. The molecule has 0 unspecified atom stereocenters. The fourth-order valence-electron chi connectivity index (χ4n) is 4.24. The van der Waals surface area contributed by atoms with Crippen molar-refractivity contribution in [3.05, 3.63) is 53.6 Å². The maximum atomic E-state index is 13.5. The monoisotopic (exact) mass is 372 g/mol. The highest BCUT2D eigenvalue weighted by Gasteiger charge is 2.36. The second-order valence-corrected chi connectivity index (χ2v) is 7.45. The van der Waals surface area contributed by atoms with Crippen LogP contribution in [0.3, 0.4) is 0 Å². The molecule has 0 saturated carbocycles. The predicted molar refractivity (Wildman–Crippen MR) is 98.6 cm³/mol. The van der Waals surface area contributed by atoms with Gasteiger partial charge in [0.15, 0.2) is 11.6 Å². The molecule has 1 amide bonds. The molecule has 0 radical (unpaired) electrons. The molecular formula is C21H22F2N2O2. The van der Waals surface area contributed by atoms with Gasteiger partial charge >= 0.3 is 0 Å². The molecule has 0 aromatic heterocycles. The lowest BCUT2D eigenvalue weighted by Gasteiger charge is -2.26. The predicted octanol–water partition coefficient (Wildman–Crippen LogP) is 3.65. The molecule has 6 heteroatoms. The number of nitrogens with zero attached hydrogens (tertiary/aromatic N) is 2. The Labute approximate surface area is 157 Å². The van der Waals surface area contributed by atoms with E-state index >= 15 is 0 Å². The zero-order chi connectivity index (χ0) is 19.1. The van der Waals surface area contributed by atoms with Crippen LogP contribution in [0.25, 0.3) is 11.1 Å². The minimum Gasteiger partial charge on any atom is -0.507 e. The average Bonchev–Trinajstić information content (AvgIpc) is 2.90. The molecule has 142 valence electrons. The molecule has 2 aromatic carbocycles. The first-order valence-corrected chi connectivity index (χ1v) is 9.23. The first-order valence-electron chi connectivity index (χ1n) is 9.23. The molecule has 27 heavy (non-hydrogen) atoms. The summed E-state index contributed by atoms with van der Waals surface area (Å²) >= 11 is 0. The molecule has 2 bridgehead atoms. The number of phenolic OH excluding ortho intramolecular Hbond substituents is 1. The number of hydrogen-bond acceptors (Lipinski definition) is 3. The number of carbonyl (C=O) groups excluding carboxylic acids is 1. The summed E-state index contributed by atoms with van der Waals surface area (Å²) < 4.78 is 26.7. The third-order valence-electron chi connectivity index (χ3n) is 5.92. The second kappa shape index (κ2) is 6.93. The van der Waals surface area contributed by atoms with E-state index in [0.717, 1.165) is 38.1 Å². The molecule has 2 atom stereocenters. The molecule has 2 fully saturated rings. The van der Waals surface area contributed by atoms with E-state index in [1.165, 1.54) is 6.42 Å². The Bertz CT molecular complexity index is 869. The summed E-state index contributed by atoms with van der Waals surface area (Å²) in [5.41, 5.74) is 1.28. The van der Waals surface area contributed by atoms with Crippen molar-refractivity contribution in [2.24, 2.45) is 0 Å². The smallest absolute Gasteiger partial charge is 0.253 e. The number of amides is 1. The maximum absolute atomic E-state index is 13.5. The zero-order valence-corrected chi connectivity index (χ0v) is 15.2. The number of carbonyl (C=O) groups is 1. The number of hydrogen-bond donors (Lipinski definition) is 1. The number of aromatic hydroxyl groups is 1. The Hall–Kier alpha value is -2.47. The molecule has 2 aliphatic rings. The van der Waals surface area contributed by atoms with Crippen LogP contribution in [-0.2, 0) is 0 Å². The summed E-state index contributed by atoms with van der Waals surface area (Å²) in [7, 11) is 2.14. The van der Waals surface area contributed by atoms with E-state index in [0.29, 0.717) is 23.2 Å². The molecule has 4 rings (SSSR count). The highest BCUT2D eigenvalue weighted by atomic mass is 19.2. The van der Waals surface area contributed by atoms with Crippen LogP contribution in [0.2, 0.25) is 0 Å². The van der Waals surface area contributed by atoms with Gasteiger partial charge < -0.3 is 10.0 Å². The highest BCUT2D eigenvalue weighted by molar-refractivity contribution is 5.95. The van der Waals surface area contributed by atoms with Crippen LogP contribution in [0.15, 0.2) is 36.4 Å². The van der Waals surface area contributed by atoms with Gasteiger partial charge in [-0.05, 0) is 50.1 Å². The van der Waals surface area contributed by atoms with Gasteiger partial charge in [0.2, 0.25) is 0 Å². The fraction of sp³-hybridized carbons (Fsp3) is 0.381. The standard InChI is InChI=1S/C21H22F2N2O2/c1-24-15-6-7-16(24)12-25(9-8-15)21(27)14-4-2-13(3-5-14)17-10-18(22)19(23)11-20(17)26/h2-5,10-11,15-16,26H,6-9,12H2,1H3/t15-,16+/m0/s1. The molecule has 4 nitrogen and oxygen atoms in total. The summed E-state index contributed by atoms with van der Waals surface area (Å²) in [4.78, 5) is 17.2. The molecule has 2 saturated heterocycles. The van der Waals surface area contributed by atoms with Crippen LogP contribution in [0, 0.1) is 11.6 Å². The Balaban J connectivity index is 1.54. The van der Waals surface area contributed by atoms with Gasteiger partial charge in [-0.1, -0.05) is 12.1 Å². The molecule has 2 heterocycles. The van der Waals surface area contributed by atoms with Crippen molar-refractivity contribution in [2.75, 3.05) is 20.1 Å². The van der Waals surface area contributed by atoms with Gasteiger partial charge in [0, 0.05) is 42.4 Å². The van der Waals surface area contributed by atoms with Gasteiger partial charge in [-0.25, -0.2) is 8.78 Å². The minimum atomic E-state index is -1.09. The van der Waals surface area contributed by atoms with Gasteiger partial charge in [0.1, 0.15) is 5.75 Å². The number of halogens is 2. The van der Waals surface area contributed by atoms with Crippen LogP contribution in [0.1, 0.15) is 29.6 Å². The van der Waals surface area contributed by atoms with Crippen molar-refractivity contribution in [3.63, 3.8) is 0 Å². The minimum absolute atomic E-state index is 0.0167. The summed E-state index contributed by atoms with van der Waals surface area (Å²) in [5.74, 6) is -2.47. The topological polar surface area (TPSA) is 43.8 Å². The lowest BCUT2D eigenvalue weighted by Crippen LogP contribution is -2.39. The number of likely N-dealkylation sites (N-methyl/N-ethyl adjacent to an activating group) is 1. The quantitative estimate of drug-likeness (QED) is 0.875. The molecule has 2 aliphatic heterocycles. The van der Waals surface area contributed by atoms with E-state index in [4.69, 9.17) is 0 Å². The van der Waals surface area contributed by atoms with E-state index in [2.05, 4.69) is 11.9 Å². The van der Waals surface area contributed by atoms with Crippen LogP contribution in [0.5, 0.6) is 5.75 Å². The van der Waals surface area contributed by atoms with E-state index in [-0.39, 0.29) is 17.2 Å². The third kappa shape index (κ3) is 3.30. The molecule has 0 spiro atoms. The normalized spacial score (nSPS) is 22.7. The van der Waals surface area contributed by atoms with Crippen molar-refractivity contribution >= 4 is 5.91 Å². The van der Waals surface area contributed by atoms with Crippen molar-refractivity contribution in [1.29, 1.82) is 0 Å². The van der Waals surface area contributed by atoms with E-state index < -0.39 is 11.6 Å². The van der Waals surface area contributed by atoms with Crippen LogP contribution >= 0.6 is 0 Å². The Morgan fingerprint density at radius 3 is 2.44 bits per heavy atom. The Morgan fingerprint density at radius 1 is 1.04 bits per heavy atom. The van der Waals surface area contributed by atoms with Gasteiger partial charge in [-0.2, -0.15) is 0 Å². The van der Waals surface area contributed by atoms with Crippen LogP contribution in [-0.4, -0.2) is 53.0 Å². The van der Waals surface area contributed by atoms with E-state index in [9.17, 15) is 18.7 Å². The summed E-state index contributed by atoms with van der Waals surface area (Å²) in [6.45, 7) is 1.48. The maximum Gasteiger partial charge on any atom is 0.253 e. The van der Waals surface area contributed by atoms with Crippen molar-refractivity contribution < 1.29 is 18.7 Å². The fourth-order valence-corrected chi connectivity index (χ4v) is 4.24. The molecule has 0 aliphatic carbocycles. The van der Waals surface area contributed by atoms with Gasteiger partial charge in [-0.15, -0.1) is 0 Å². The summed E-state index contributed by atoms with van der Waals surface area (Å²) in [6, 6.07) is 9.34. The first-order chi connectivity index (χ1) is 12.9.